The number of epoxide rings is 1. The average molecular weight is 163 g/mol. The molecule has 2 rings (SSSR count). The molecule has 0 amide bonds. The minimum Gasteiger partial charge on any atom is -0.345 e. The zero-order valence-corrected chi connectivity index (χ0v) is 6.98. The Bertz CT molecular complexity index is 351. The minimum atomic E-state index is -0.414. The average Bonchev–Trinajstić information content (AvgIpc) is 2.50. The van der Waals surface area contributed by atoms with Crippen molar-refractivity contribution in [2.45, 2.75) is 18.6 Å². The topological polar surface area (TPSA) is 54.1 Å². The molecular weight excluding hydrogens is 154 g/mol. The summed E-state index contributed by atoms with van der Waals surface area (Å²) in [5.74, 6) is 0. The molecule has 1 aromatic heterocycles. The van der Waals surface area contributed by atoms with Crippen LogP contribution in [0.3, 0.4) is 0 Å². The normalized spacial score (nSPS) is 32.9. The van der Waals surface area contributed by atoms with Gasteiger partial charge in [0, 0.05) is 18.8 Å². The van der Waals surface area contributed by atoms with E-state index in [2.05, 4.69) is 11.2 Å². The van der Waals surface area contributed by atoms with Crippen LogP contribution in [-0.2, 0) is 17.4 Å². The Kier molecular flexibility index (Phi) is 1.27. The van der Waals surface area contributed by atoms with Crippen molar-refractivity contribution in [3.63, 3.8) is 0 Å². The number of ether oxygens (including phenoxy) is 1. The maximum Gasteiger partial charge on any atom is 0.178 e. The van der Waals surface area contributed by atoms with E-state index in [1.807, 2.05) is 20.2 Å². The van der Waals surface area contributed by atoms with Crippen molar-refractivity contribution in [2.75, 3.05) is 0 Å². The van der Waals surface area contributed by atoms with Gasteiger partial charge in [0.15, 0.2) is 6.10 Å². The molecule has 0 aliphatic carbocycles. The number of hydrogen-bond acceptors (Lipinski definition) is 3. The van der Waals surface area contributed by atoms with E-state index >= 15 is 0 Å². The zero-order chi connectivity index (χ0) is 8.77. The Morgan fingerprint density at radius 3 is 3.00 bits per heavy atom. The molecule has 2 atom stereocenters. The first-order chi connectivity index (χ1) is 5.66. The van der Waals surface area contributed by atoms with Crippen LogP contribution in [0.1, 0.15) is 12.5 Å². The van der Waals surface area contributed by atoms with Crippen LogP contribution in [0.4, 0.5) is 0 Å². The molecule has 1 aliphatic heterocycles. The molecule has 0 aromatic carbocycles. The van der Waals surface area contributed by atoms with Crippen LogP contribution in [0.25, 0.3) is 0 Å². The van der Waals surface area contributed by atoms with Crippen molar-refractivity contribution in [3.8, 4) is 6.07 Å². The highest BCUT2D eigenvalue weighted by Crippen LogP contribution is 2.44. The second-order valence-corrected chi connectivity index (χ2v) is 3.14. The van der Waals surface area contributed by atoms with Gasteiger partial charge in [-0.05, 0) is 6.92 Å². The molecule has 0 bridgehead atoms. The standard InChI is InChI=1S/C8H9N3O/c1-8(7(3-9)12-8)6-4-10-11(2)5-6/h4-5,7H,1-2H3. The number of aromatic nitrogens is 2. The number of nitriles is 1. The highest BCUT2D eigenvalue weighted by molar-refractivity contribution is 5.27. The van der Waals surface area contributed by atoms with Crippen LogP contribution in [0.5, 0.6) is 0 Å². The van der Waals surface area contributed by atoms with Gasteiger partial charge >= 0.3 is 0 Å². The largest absolute Gasteiger partial charge is 0.345 e. The van der Waals surface area contributed by atoms with Gasteiger partial charge in [0.2, 0.25) is 0 Å². The second kappa shape index (κ2) is 2.08. The SMILES string of the molecule is Cn1cc(C2(C)OC2C#N)cn1. The Morgan fingerprint density at radius 2 is 2.58 bits per heavy atom. The van der Waals surface area contributed by atoms with Crippen molar-refractivity contribution in [1.82, 2.24) is 9.78 Å². The summed E-state index contributed by atoms with van der Waals surface area (Å²) in [4.78, 5) is 0. The van der Waals surface area contributed by atoms with Crippen molar-refractivity contribution in [3.05, 3.63) is 18.0 Å². The smallest absolute Gasteiger partial charge is 0.178 e. The van der Waals surface area contributed by atoms with E-state index in [1.54, 1.807) is 10.9 Å². The molecule has 1 fully saturated rings. The Morgan fingerprint density at radius 1 is 1.83 bits per heavy atom. The zero-order valence-electron chi connectivity index (χ0n) is 6.98. The first-order valence-electron chi connectivity index (χ1n) is 3.73. The molecule has 12 heavy (non-hydrogen) atoms. The third kappa shape index (κ3) is 0.836. The second-order valence-electron chi connectivity index (χ2n) is 3.14. The van der Waals surface area contributed by atoms with E-state index in [-0.39, 0.29) is 6.10 Å². The van der Waals surface area contributed by atoms with Crippen molar-refractivity contribution in [2.24, 2.45) is 7.05 Å². The number of hydrogen-bond donors (Lipinski definition) is 0. The first kappa shape index (κ1) is 7.32. The quantitative estimate of drug-likeness (QED) is 0.568. The van der Waals surface area contributed by atoms with Gasteiger partial charge in [-0.2, -0.15) is 10.4 Å². The fraction of sp³-hybridized carbons (Fsp3) is 0.500. The van der Waals surface area contributed by atoms with E-state index in [1.165, 1.54) is 0 Å². The van der Waals surface area contributed by atoms with Crippen LogP contribution in [0.15, 0.2) is 12.4 Å². The Labute approximate surface area is 70.4 Å². The maximum atomic E-state index is 8.61. The van der Waals surface area contributed by atoms with Crippen molar-refractivity contribution >= 4 is 0 Å². The van der Waals surface area contributed by atoms with Crippen LogP contribution >= 0.6 is 0 Å². The van der Waals surface area contributed by atoms with Crippen LogP contribution in [0.2, 0.25) is 0 Å². The summed E-state index contributed by atoms with van der Waals surface area (Å²) in [6.45, 7) is 1.90. The summed E-state index contributed by atoms with van der Waals surface area (Å²) >= 11 is 0. The minimum absolute atomic E-state index is 0.304. The molecule has 0 N–H and O–H groups in total. The lowest BCUT2D eigenvalue weighted by Crippen LogP contribution is -2.04. The monoisotopic (exact) mass is 163 g/mol. The third-order valence-corrected chi connectivity index (χ3v) is 2.20. The molecular formula is C8H9N3O. The van der Waals surface area contributed by atoms with Crippen molar-refractivity contribution < 1.29 is 4.74 Å². The van der Waals surface area contributed by atoms with Crippen LogP contribution in [-0.4, -0.2) is 15.9 Å². The summed E-state index contributed by atoms with van der Waals surface area (Å²) in [6.07, 6.45) is 3.30. The Hall–Kier alpha value is -1.34. The van der Waals surface area contributed by atoms with E-state index < -0.39 is 5.60 Å². The highest BCUT2D eigenvalue weighted by atomic mass is 16.6. The van der Waals surface area contributed by atoms with E-state index in [0.717, 1.165) is 5.56 Å². The van der Waals surface area contributed by atoms with Gasteiger partial charge in [-0.3, -0.25) is 4.68 Å². The molecule has 0 radical (unpaired) electrons. The van der Waals surface area contributed by atoms with Gasteiger partial charge in [-0.1, -0.05) is 0 Å². The molecule has 2 heterocycles. The molecule has 1 aliphatic rings. The van der Waals surface area contributed by atoms with Crippen LogP contribution < -0.4 is 0 Å². The lowest BCUT2D eigenvalue weighted by molar-refractivity contribution is 0.321. The van der Waals surface area contributed by atoms with E-state index in [0.29, 0.717) is 0 Å². The molecule has 4 nitrogen and oxygen atoms in total. The predicted octanol–water partition coefficient (Wildman–Crippen LogP) is 0.558. The lowest BCUT2D eigenvalue weighted by atomic mass is 10.0. The third-order valence-electron chi connectivity index (χ3n) is 2.20. The summed E-state index contributed by atoms with van der Waals surface area (Å²) in [7, 11) is 1.84. The fourth-order valence-corrected chi connectivity index (χ4v) is 1.26. The highest BCUT2D eigenvalue weighted by Gasteiger charge is 2.55. The van der Waals surface area contributed by atoms with Gasteiger partial charge in [0.1, 0.15) is 5.60 Å². The summed E-state index contributed by atoms with van der Waals surface area (Å²) < 4.78 is 6.94. The molecule has 4 heteroatoms. The summed E-state index contributed by atoms with van der Waals surface area (Å²) in [5, 5.41) is 12.6. The van der Waals surface area contributed by atoms with Gasteiger partial charge in [0.25, 0.3) is 0 Å². The molecule has 2 unspecified atom stereocenters. The van der Waals surface area contributed by atoms with Gasteiger partial charge < -0.3 is 4.74 Å². The van der Waals surface area contributed by atoms with Gasteiger partial charge in [-0.25, -0.2) is 0 Å². The molecule has 0 saturated carbocycles. The van der Waals surface area contributed by atoms with Gasteiger partial charge in [-0.15, -0.1) is 0 Å². The first-order valence-corrected chi connectivity index (χ1v) is 3.73. The molecule has 1 aromatic rings. The lowest BCUT2D eigenvalue weighted by Gasteiger charge is -1.97. The summed E-state index contributed by atoms with van der Waals surface area (Å²) in [6, 6.07) is 2.08. The maximum absolute atomic E-state index is 8.61. The van der Waals surface area contributed by atoms with Crippen LogP contribution in [0, 0.1) is 11.3 Å². The fourth-order valence-electron chi connectivity index (χ4n) is 1.26. The number of rotatable bonds is 1. The molecule has 62 valence electrons. The van der Waals surface area contributed by atoms with E-state index in [4.69, 9.17) is 10.00 Å². The number of nitrogens with zero attached hydrogens (tertiary/aromatic N) is 3. The molecule has 0 spiro atoms. The molecule has 1 saturated heterocycles. The Balaban J connectivity index is 2.29. The summed E-state index contributed by atoms with van der Waals surface area (Å²) in [5.41, 5.74) is 0.555. The van der Waals surface area contributed by atoms with E-state index in [9.17, 15) is 0 Å². The van der Waals surface area contributed by atoms with Gasteiger partial charge in [0.05, 0.1) is 12.3 Å². The number of aryl methyl sites for hydroxylation is 1. The van der Waals surface area contributed by atoms with Crippen molar-refractivity contribution in [1.29, 1.82) is 5.26 Å². The predicted molar refractivity (Wildman–Crippen MR) is 41.0 cm³/mol.